The minimum Gasteiger partial charge on any atom is 2.00 e. The van der Waals surface area contributed by atoms with Crippen LogP contribution in [0.25, 0.3) is 0 Å². The molecule has 0 aliphatic carbocycles. The van der Waals surface area contributed by atoms with Crippen LogP contribution in [0.1, 0.15) is 0 Å². The molecule has 0 amide bonds. The molecule has 17 heteroatoms. The van der Waals surface area contributed by atoms with Gasteiger partial charge in [-0.25, -0.2) is 0 Å². The third kappa shape index (κ3) is 3.85. The summed E-state index contributed by atoms with van der Waals surface area (Å²) in [7, 11) is -12.3. The van der Waals surface area contributed by atoms with Gasteiger partial charge in [0.1, 0.15) is 0 Å². The van der Waals surface area contributed by atoms with Crippen LogP contribution in [0.3, 0.4) is 0 Å². The van der Waals surface area contributed by atoms with Crippen molar-refractivity contribution in [3.8, 4) is 59.6 Å². The number of rotatable bonds is 0. The Hall–Kier alpha value is -3.60. The fourth-order valence-electron chi connectivity index (χ4n) is 0.530. The van der Waals surface area contributed by atoms with Gasteiger partial charge in [-0.15, -0.1) is 0 Å². The summed E-state index contributed by atoms with van der Waals surface area (Å²) in [5, 5.41) is 103. The van der Waals surface area contributed by atoms with E-state index in [2.05, 4.69) is 0 Å². The van der Waals surface area contributed by atoms with Crippen molar-refractivity contribution in [2.24, 2.45) is 0 Å². The topological polar surface area (TPSA) is 285 Å². The summed E-state index contributed by atoms with van der Waals surface area (Å²) in [4.78, 5) is 12.4. The Labute approximate surface area is 192 Å². The fraction of sp³-hybridized carbons (Fsp3) is 0. The Morgan fingerprint density at radius 3 is 0.310 bits per heavy atom. The molecular formula is C12Fe2N12Ni3. The van der Waals surface area contributed by atoms with Crippen LogP contribution >= 0.6 is 0 Å². The SMILES string of the molecule is N#[C][Fe-3]([C]#N)([C]#N)([C]#N)([C]#N)[C]#N.N#[C][Fe-3]([C]#N)([C]#N)([C]#N)([C]#N)[C]#N.[Ni+2].[Ni+2].[Ni+2]. The van der Waals surface area contributed by atoms with Crippen molar-refractivity contribution in [2.45, 2.75) is 0 Å². The molecule has 0 saturated heterocycles. The van der Waals surface area contributed by atoms with E-state index in [1.165, 1.54) is 0 Å². The van der Waals surface area contributed by atoms with Gasteiger partial charge in [0.25, 0.3) is 0 Å². The van der Waals surface area contributed by atoms with Crippen LogP contribution in [-0.4, -0.2) is 0 Å². The van der Waals surface area contributed by atoms with E-state index >= 15 is 0 Å². The summed E-state index contributed by atoms with van der Waals surface area (Å²) >= 11 is 0. The first-order valence-corrected chi connectivity index (χ1v) is 11.4. The predicted octanol–water partition coefficient (Wildman–Crippen LogP) is 0.189. The molecule has 12 nitrogen and oxygen atoms in total. The molecule has 0 aromatic carbocycles. The van der Waals surface area contributed by atoms with Crippen LogP contribution < -0.4 is 0 Å². The molecule has 0 bridgehead atoms. The minimum absolute atomic E-state index is 0. The molecule has 0 saturated carbocycles. The maximum Gasteiger partial charge on any atom is 2.00 e. The molecule has 0 fully saturated rings. The summed E-state index contributed by atoms with van der Waals surface area (Å²) < 4.78 is 0. The zero-order valence-electron chi connectivity index (χ0n) is 13.0. The fourth-order valence-corrected chi connectivity index (χ4v) is 2.19. The molecule has 0 radical (unpaired) electrons. The van der Waals surface area contributed by atoms with E-state index in [0.717, 1.165) is 59.6 Å². The van der Waals surface area contributed by atoms with Gasteiger partial charge in [0.15, 0.2) is 0 Å². The number of hydrogen-bond donors (Lipinski definition) is 0. The summed E-state index contributed by atoms with van der Waals surface area (Å²) in [5.74, 6) is 0. The van der Waals surface area contributed by atoms with E-state index in [4.69, 9.17) is 63.1 Å². The standard InChI is InChI=1S/12CN.2Fe.3Ni/c12*1-2;;;;;/q;;;;;;;;;;;;2*-3;3*+2. The summed E-state index contributed by atoms with van der Waals surface area (Å²) in [6.07, 6.45) is 0. The van der Waals surface area contributed by atoms with Crippen LogP contribution in [0.4, 0.5) is 0 Å². The quantitative estimate of drug-likeness (QED) is 0.337. The first-order valence-electron chi connectivity index (χ1n) is 4.80. The Balaban J connectivity index is -0.000000120. The molecule has 0 N–H and O–H groups in total. The van der Waals surface area contributed by atoms with Crippen molar-refractivity contribution in [1.82, 2.24) is 0 Å². The summed E-state index contributed by atoms with van der Waals surface area (Å²) in [6.45, 7) is 0. The van der Waals surface area contributed by atoms with Crippen LogP contribution in [0.5, 0.6) is 0 Å². The van der Waals surface area contributed by atoms with Gasteiger partial charge in [-0.3, -0.25) is 0 Å². The molecule has 0 heterocycles. The van der Waals surface area contributed by atoms with Crippen LogP contribution in [0.2, 0.25) is 0 Å². The minimum atomic E-state index is -6.17. The van der Waals surface area contributed by atoms with E-state index < -0.39 is 21.5 Å². The monoisotopic (exact) mass is 598 g/mol. The third-order valence-electron chi connectivity index (χ3n) is 2.37. The summed E-state index contributed by atoms with van der Waals surface area (Å²) in [5.41, 5.74) is 0. The molecule has 0 aliphatic heterocycles. The molecule has 0 aromatic heterocycles. The second kappa shape index (κ2) is 9.06. The van der Waals surface area contributed by atoms with E-state index in [9.17, 15) is 0 Å². The van der Waals surface area contributed by atoms with Gasteiger partial charge in [0, 0.05) is 0 Å². The Morgan fingerprint density at radius 2 is 0.310 bits per heavy atom. The second-order valence-electron chi connectivity index (χ2n) is 3.60. The van der Waals surface area contributed by atoms with E-state index in [0.29, 0.717) is 0 Å². The Kier molecular flexibility index (Phi) is 11.4. The van der Waals surface area contributed by atoms with Crippen molar-refractivity contribution in [2.75, 3.05) is 0 Å². The number of hydrogen-bond acceptors (Lipinski definition) is 12. The second-order valence-corrected chi connectivity index (χ2v) is 14.8. The van der Waals surface area contributed by atoms with Crippen molar-refractivity contribution >= 4 is 0 Å². The van der Waals surface area contributed by atoms with Gasteiger partial charge in [-0.1, -0.05) is 0 Å². The largest absolute Gasteiger partial charge is 2.00 e. The van der Waals surface area contributed by atoms with Gasteiger partial charge >= 0.3 is 194 Å². The maximum atomic E-state index is 8.58. The van der Waals surface area contributed by atoms with Gasteiger partial charge in [-0.05, 0) is 0 Å². The van der Waals surface area contributed by atoms with Gasteiger partial charge in [0.2, 0.25) is 0 Å². The Bertz CT molecular complexity index is 890. The first kappa shape index (κ1) is 36.3. The van der Waals surface area contributed by atoms with Crippen molar-refractivity contribution < 1.29 is 70.9 Å². The normalized spacial score (nSPS) is 12.0. The molecular weight excluding hydrogens is 600 g/mol. The van der Waals surface area contributed by atoms with E-state index in [1.807, 2.05) is 0 Å². The predicted molar refractivity (Wildman–Crippen MR) is 67.4 cm³/mol. The molecule has 29 heavy (non-hydrogen) atoms. The molecule has 0 atom stereocenters. The molecule has 0 aromatic rings. The zero-order valence-corrected chi connectivity index (χ0v) is 18.2. The van der Waals surface area contributed by atoms with E-state index in [-0.39, 0.29) is 49.5 Å². The maximum absolute atomic E-state index is 8.58. The molecule has 0 unspecified atom stereocenters. The average Bonchev–Trinajstić information content (AvgIpc) is 2.77. The number of nitriles is 12. The van der Waals surface area contributed by atoms with E-state index in [1.54, 1.807) is 0 Å². The average molecular weight is 600 g/mol. The first-order chi connectivity index (χ1) is 11.9. The van der Waals surface area contributed by atoms with Crippen molar-refractivity contribution in [3.63, 3.8) is 0 Å². The van der Waals surface area contributed by atoms with Gasteiger partial charge in [0.05, 0.1) is 0 Å². The Morgan fingerprint density at radius 1 is 0.241 bits per heavy atom. The van der Waals surface area contributed by atoms with Crippen molar-refractivity contribution in [3.05, 3.63) is 0 Å². The smallest absolute Gasteiger partial charge is 2.00 e. The van der Waals surface area contributed by atoms with Crippen LogP contribution in [0.15, 0.2) is 0 Å². The summed E-state index contributed by atoms with van der Waals surface area (Å²) in [6, 6.07) is 0. The molecule has 0 rings (SSSR count). The van der Waals surface area contributed by atoms with Crippen LogP contribution in [-0.2, 0) is 70.9 Å². The molecule has 0 aliphatic rings. The van der Waals surface area contributed by atoms with Gasteiger partial charge < -0.3 is 0 Å². The zero-order chi connectivity index (χ0) is 21.3. The third-order valence-corrected chi connectivity index (χ3v) is 9.78. The van der Waals surface area contributed by atoms with Crippen molar-refractivity contribution in [1.29, 1.82) is 63.1 Å². The van der Waals surface area contributed by atoms with Gasteiger partial charge in [-0.2, -0.15) is 0 Å². The number of nitrogens with zero attached hydrogens (tertiary/aromatic N) is 12. The molecule has 154 valence electrons. The molecule has 0 spiro atoms. The van der Waals surface area contributed by atoms with Crippen LogP contribution in [0, 0.1) is 123 Å².